The Morgan fingerprint density at radius 2 is 1.75 bits per heavy atom. The van der Waals surface area contributed by atoms with Crippen LogP contribution in [0.2, 0.25) is 0 Å². The molecule has 0 spiro atoms. The zero-order chi connectivity index (χ0) is 11.3. The fourth-order valence-electron chi connectivity index (χ4n) is 2.05. The summed E-state index contributed by atoms with van der Waals surface area (Å²) in [5.74, 6) is -0.497. The number of rotatable bonds is 0. The summed E-state index contributed by atoms with van der Waals surface area (Å²) in [6.45, 7) is 0. The van der Waals surface area contributed by atoms with E-state index in [9.17, 15) is 13.3 Å². The fourth-order valence-corrected chi connectivity index (χ4v) is 3.45. The molecule has 0 radical (unpaired) electrons. The van der Waals surface area contributed by atoms with Gasteiger partial charge in [0.25, 0.3) is 5.69 Å². The number of nitroso groups, excluding NO2 is 1. The van der Waals surface area contributed by atoms with Crippen LogP contribution in [0.4, 0.5) is 5.69 Å². The van der Waals surface area contributed by atoms with Crippen LogP contribution in [0.5, 0.6) is 0 Å². The Kier molecular flexibility index (Phi) is 1.71. The summed E-state index contributed by atoms with van der Waals surface area (Å²) in [4.78, 5) is 11.9. The maximum atomic E-state index is 11.8. The number of nitrogens with zero attached hydrogens (tertiary/aromatic N) is 1. The van der Waals surface area contributed by atoms with Crippen molar-refractivity contribution in [1.82, 2.24) is 0 Å². The molecule has 1 aliphatic heterocycles. The van der Waals surface area contributed by atoms with Gasteiger partial charge in [-0.1, -0.05) is 24.3 Å². The van der Waals surface area contributed by atoms with Gasteiger partial charge in [0.1, 0.15) is 0 Å². The zero-order valence-electron chi connectivity index (χ0n) is 8.25. The van der Waals surface area contributed by atoms with Gasteiger partial charge in [-0.3, -0.25) is 0 Å². The molecule has 0 unspecified atom stereocenters. The van der Waals surface area contributed by atoms with E-state index in [1.165, 1.54) is 0 Å². The van der Waals surface area contributed by atoms with Crippen LogP contribution in [0, 0.1) is 4.91 Å². The highest BCUT2D eigenvalue weighted by Crippen LogP contribution is 2.36. The molecule has 0 saturated carbocycles. The van der Waals surface area contributed by atoms with Crippen molar-refractivity contribution in [3.63, 3.8) is 0 Å². The van der Waals surface area contributed by atoms with Gasteiger partial charge in [0.05, 0.1) is 15.0 Å². The van der Waals surface area contributed by atoms with Crippen LogP contribution in [0.15, 0.2) is 41.3 Å². The van der Waals surface area contributed by atoms with Crippen molar-refractivity contribution in [3.8, 4) is 0 Å². The van der Waals surface area contributed by atoms with E-state index in [0.717, 1.165) is 5.39 Å². The third-order valence-electron chi connectivity index (χ3n) is 2.74. The molecule has 2 aromatic rings. The summed E-state index contributed by atoms with van der Waals surface area (Å²) in [5, 5.41) is 1.31. The van der Waals surface area contributed by atoms with Crippen LogP contribution in [0.3, 0.4) is 0 Å². The monoisotopic (exact) mass is 234 g/mol. The molecule has 0 bridgehead atoms. The second-order valence-electron chi connectivity index (χ2n) is 3.75. The lowest BCUT2D eigenvalue weighted by molar-refractivity contribution is -0.440. The SMILES string of the molecule is O=[N+]1CS(=O)(=O)c2cccc3cccc1c23. The highest BCUT2D eigenvalue weighted by atomic mass is 32.2. The van der Waals surface area contributed by atoms with Crippen LogP contribution in [-0.2, 0) is 9.84 Å². The van der Waals surface area contributed by atoms with Crippen molar-refractivity contribution in [2.75, 3.05) is 5.88 Å². The van der Waals surface area contributed by atoms with Crippen molar-refractivity contribution in [2.24, 2.45) is 0 Å². The lowest BCUT2D eigenvalue weighted by atomic mass is 10.1. The van der Waals surface area contributed by atoms with Crippen molar-refractivity contribution in [1.29, 1.82) is 0 Å². The normalized spacial score (nSPS) is 17.6. The number of hydrogen-bond donors (Lipinski definition) is 0. The first-order valence-electron chi connectivity index (χ1n) is 4.79. The quantitative estimate of drug-likeness (QED) is 0.655. The average Bonchev–Trinajstić information content (AvgIpc) is 2.25. The number of sulfone groups is 1. The van der Waals surface area contributed by atoms with Gasteiger partial charge in [0.2, 0.25) is 9.84 Å². The third-order valence-corrected chi connectivity index (χ3v) is 4.32. The Labute approximate surface area is 92.0 Å². The van der Waals surface area contributed by atoms with Gasteiger partial charge in [-0.05, 0) is 11.5 Å². The summed E-state index contributed by atoms with van der Waals surface area (Å²) < 4.78 is 24.2. The first-order chi connectivity index (χ1) is 7.59. The van der Waals surface area contributed by atoms with Gasteiger partial charge in [0, 0.05) is 11.0 Å². The van der Waals surface area contributed by atoms with Gasteiger partial charge in [0.15, 0.2) is 0 Å². The Bertz CT molecular complexity index is 714. The van der Waals surface area contributed by atoms with E-state index in [1.54, 1.807) is 36.4 Å². The second-order valence-corrected chi connectivity index (χ2v) is 5.68. The van der Waals surface area contributed by atoms with E-state index in [4.69, 9.17) is 0 Å². The van der Waals surface area contributed by atoms with Crippen LogP contribution in [-0.4, -0.2) is 19.1 Å². The fraction of sp³-hybridized carbons (Fsp3) is 0.0909. The molecule has 4 nitrogen and oxygen atoms in total. The Hall–Kier alpha value is -1.75. The molecule has 0 aromatic heterocycles. The van der Waals surface area contributed by atoms with E-state index >= 15 is 0 Å². The minimum Gasteiger partial charge on any atom is -0.217 e. The van der Waals surface area contributed by atoms with E-state index < -0.39 is 15.7 Å². The van der Waals surface area contributed by atoms with E-state index in [0.29, 0.717) is 15.8 Å². The minimum atomic E-state index is -3.48. The summed E-state index contributed by atoms with van der Waals surface area (Å²) >= 11 is 0. The molecule has 1 heterocycles. The molecule has 0 amide bonds. The van der Waals surface area contributed by atoms with Crippen molar-refractivity contribution in [2.45, 2.75) is 4.90 Å². The van der Waals surface area contributed by atoms with Crippen molar-refractivity contribution >= 4 is 26.3 Å². The molecule has 2 aromatic carbocycles. The van der Waals surface area contributed by atoms with Gasteiger partial charge >= 0.3 is 5.88 Å². The summed E-state index contributed by atoms with van der Waals surface area (Å²) in [5.41, 5.74) is 0.433. The smallest absolute Gasteiger partial charge is 0.217 e. The lowest BCUT2D eigenvalue weighted by Gasteiger charge is -2.10. The van der Waals surface area contributed by atoms with Crippen LogP contribution >= 0.6 is 0 Å². The highest BCUT2D eigenvalue weighted by molar-refractivity contribution is 7.91. The Morgan fingerprint density at radius 3 is 2.50 bits per heavy atom. The Balaban J connectivity index is 2.63. The number of hydrogen-bond acceptors (Lipinski definition) is 3. The average molecular weight is 234 g/mol. The van der Waals surface area contributed by atoms with Gasteiger partial charge in [-0.2, -0.15) is 0 Å². The predicted molar refractivity (Wildman–Crippen MR) is 59.3 cm³/mol. The maximum absolute atomic E-state index is 11.8. The standard InChI is InChI=1S/C11H8NO3S/c13-12-7-16(14,15)10-6-2-4-8-3-1-5-9(12)11(8)10/h1-6H,7H2/q+1. The molecule has 0 saturated heterocycles. The molecular formula is C11H8NO3S+. The largest absolute Gasteiger partial charge is 0.301 e. The van der Waals surface area contributed by atoms with Crippen molar-refractivity contribution < 1.29 is 13.2 Å². The van der Waals surface area contributed by atoms with Crippen LogP contribution in [0.25, 0.3) is 10.8 Å². The molecule has 5 heteroatoms. The molecule has 16 heavy (non-hydrogen) atoms. The molecule has 0 atom stereocenters. The van der Waals surface area contributed by atoms with E-state index in [-0.39, 0.29) is 4.90 Å². The summed E-state index contributed by atoms with van der Waals surface area (Å²) in [6, 6.07) is 10.2. The van der Waals surface area contributed by atoms with Gasteiger partial charge < -0.3 is 0 Å². The molecule has 3 rings (SSSR count). The molecule has 1 aliphatic rings. The molecule has 0 fully saturated rings. The van der Waals surface area contributed by atoms with E-state index in [2.05, 4.69) is 0 Å². The first-order valence-corrected chi connectivity index (χ1v) is 6.44. The van der Waals surface area contributed by atoms with Gasteiger partial charge in [-0.25, -0.2) is 8.42 Å². The second kappa shape index (κ2) is 2.89. The van der Waals surface area contributed by atoms with Gasteiger partial charge in [-0.15, -0.1) is 0 Å². The molecule has 80 valence electrons. The summed E-state index contributed by atoms with van der Waals surface area (Å²) in [6.07, 6.45) is 0. The van der Waals surface area contributed by atoms with Crippen molar-refractivity contribution in [3.05, 3.63) is 41.3 Å². The number of benzene rings is 2. The zero-order valence-corrected chi connectivity index (χ0v) is 9.07. The topological polar surface area (TPSA) is 54.2 Å². The molecule has 0 aliphatic carbocycles. The van der Waals surface area contributed by atoms with Crippen LogP contribution < -0.4 is 0 Å². The molecule has 0 N–H and O–H groups in total. The third kappa shape index (κ3) is 1.12. The lowest BCUT2D eigenvalue weighted by Crippen LogP contribution is -2.20. The van der Waals surface area contributed by atoms with E-state index in [1.807, 2.05) is 0 Å². The summed E-state index contributed by atoms with van der Waals surface area (Å²) in [7, 11) is -3.48. The predicted octanol–water partition coefficient (Wildman–Crippen LogP) is 2.00. The van der Waals surface area contributed by atoms with Crippen LogP contribution in [0.1, 0.15) is 0 Å². The Morgan fingerprint density at radius 1 is 1.06 bits per heavy atom. The highest BCUT2D eigenvalue weighted by Gasteiger charge is 2.36. The minimum absolute atomic E-state index is 0.257. The first kappa shape index (κ1) is 9.47. The molecular weight excluding hydrogens is 226 g/mol. The maximum Gasteiger partial charge on any atom is 0.301 e.